The van der Waals surface area contributed by atoms with Crippen LogP contribution < -0.4 is 14.9 Å². The van der Waals surface area contributed by atoms with Crippen molar-refractivity contribution in [2.45, 2.75) is 6.85 Å². The fraction of sp³-hybridized carbons (Fsp3) is 0.333. The second-order valence-electron chi connectivity index (χ2n) is 2.42. The Morgan fingerprint density at radius 2 is 2.21 bits per heavy atom. The molecule has 0 unspecified atom stereocenters. The third-order valence-corrected chi connectivity index (χ3v) is 1.49. The summed E-state index contributed by atoms with van der Waals surface area (Å²) in [5.41, 5.74) is -0.252. The first-order valence-corrected chi connectivity index (χ1v) is 3.60. The van der Waals surface area contributed by atoms with Gasteiger partial charge in [-0.2, -0.15) is 0 Å². The molecule has 0 aliphatic rings. The summed E-state index contributed by atoms with van der Waals surface area (Å²) in [5.74, 6) is -0.784. The molecule has 0 aliphatic carbocycles. The van der Waals surface area contributed by atoms with E-state index in [1.807, 2.05) is 0 Å². The summed E-state index contributed by atoms with van der Waals surface area (Å²) in [6, 6.07) is 2.89. The summed E-state index contributed by atoms with van der Waals surface area (Å²) in [6.45, 7) is -6.17. The molecule has 0 saturated heterocycles. The van der Waals surface area contributed by atoms with Crippen molar-refractivity contribution >= 4 is 12.6 Å². The fourth-order valence-corrected chi connectivity index (χ4v) is 0.920. The maximum atomic E-state index is 9.13. The molecule has 2 N–H and O–H groups in total. The number of benzene rings is 1. The highest BCUT2D eigenvalue weighted by atomic mass is 16.5. The van der Waals surface area contributed by atoms with E-state index >= 15 is 0 Å². The minimum atomic E-state index is -3.11. The van der Waals surface area contributed by atoms with Crippen molar-refractivity contribution < 1.29 is 30.5 Å². The lowest BCUT2D eigenvalue weighted by Gasteiger charge is -2.08. The molecule has 0 saturated carbocycles. The lowest BCUT2D eigenvalue weighted by atomic mass is 9.80. The molecule has 76 valence electrons. The molecule has 1 rings (SSSR count). The van der Waals surface area contributed by atoms with Gasteiger partial charge in [0.1, 0.15) is 11.5 Å². The van der Waals surface area contributed by atoms with Gasteiger partial charge >= 0.3 is 7.12 Å². The zero-order valence-electron chi connectivity index (χ0n) is 15.0. The van der Waals surface area contributed by atoms with Gasteiger partial charge in [-0.15, -0.1) is 0 Å². The molecule has 0 atom stereocenters. The summed E-state index contributed by atoms with van der Waals surface area (Å²) in [4.78, 5) is 0. The molecule has 0 heterocycles. The van der Waals surface area contributed by atoms with E-state index < -0.39 is 33.3 Å². The van der Waals surface area contributed by atoms with Gasteiger partial charge in [-0.25, -0.2) is 0 Å². The number of hydrogen-bond donors (Lipinski definition) is 2. The van der Waals surface area contributed by atoms with Crippen LogP contribution in [0, 0.1) is 0 Å². The Kier molecular flexibility index (Phi) is 1.44. The Morgan fingerprint density at radius 1 is 1.43 bits per heavy atom. The second kappa shape index (κ2) is 4.88. The molecule has 0 radical (unpaired) electrons. The van der Waals surface area contributed by atoms with E-state index in [1.165, 1.54) is 0 Å². The normalized spacial score (nSPS) is 21.0. The van der Waals surface area contributed by atoms with Gasteiger partial charge in [0.25, 0.3) is 0 Å². The van der Waals surface area contributed by atoms with Crippen LogP contribution in [-0.2, 0) is 0 Å². The highest BCUT2D eigenvalue weighted by Gasteiger charge is 2.13. The predicted octanol–water partition coefficient (Wildman–Crippen LogP) is -0.226. The number of ether oxygens (including phenoxy) is 2. The van der Waals surface area contributed by atoms with Crippen LogP contribution in [0.4, 0.5) is 0 Å². The Hall–Kier alpha value is -1.20. The van der Waals surface area contributed by atoms with Gasteiger partial charge in [-0.1, -0.05) is 0 Å². The lowest BCUT2D eigenvalue weighted by Crippen LogP contribution is -2.29. The van der Waals surface area contributed by atoms with Crippen molar-refractivity contribution in [3.05, 3.63) is 18.2 Å². The van der Waals surface area contributed by atoms with Crippen LogP contribution in [-0.4, -0.2) is 30.8 Å². The van der Waals surface area contributed by atoms with E-state index in [-0.39, 0.29) is 11.2 Å². The summed E-state index contributed by atoms with van der Waals surface area (Å²) < 4.78 is 66.0. The summed E-state index contributed by atoms with van der Waals surface area (Å²) >= 11 is 0. The van der Waals surface area contributed by atoms with Crippen LogP contribution in [0.3, 0.4) is 0 Å². The highest BCUT2D eigenvalue weighted by Crippen LogP contribution is 2.17. The molecule has 4 nitrogen and oxygen atoms in total. The highest BCUT2D eigenvalue weighted by molar-refractivity contribution is 6.58. The average molecular weight is 204 g/mol. The first-order valence-electron chi connectivity index (χ1n) is 7.60. The molecule has 14 heavy (non-hydrogen) atoms. The smallest absolute Gasteiger partial charge is 0.488 e. The van der Waals surface area contributed by atoms with Crippen LogP contribution in [0.15, 0.2) is 18.2 Å². The molecular weight excluding hydrogens is 183 g/mol. The molecule has 5 heteroatoms. The Balaban J connectivity index is 3.19. The molecule has 1 aromatic rings. The number of rotatable bonds is 4. The van der Waals surface area contributed by atoms with Gasteiger partial charge in [-0.05, 0) is 24.4 Å². The van der Waals surface area contributed by atoms with Gasteiger partial charge in [-0.3, -0.25) is 0 Å². The summed E-state index contributed by atoms with van der Waals surface area (Å²) in [5, 5.41) is 18.3. The zero-order valence-corrected chi connectivity index (χ0v) is 7.02. The molecule has 0 aliphatic heterocycles. The van der Waals surface area contributed by atoms with Crippen LogP contribution in [0.1, 0.15) is 17.8 Å². The third-order valence-electron chi connectivity index (χ3n) is 1.49. The van der Waals surface area contributed by atoms with Crippen molar-refractivity contribution in [1.82, 2.24) is 0 Å². The van der Waals surface area contributed by atoms with Crippen molar-refractivity contribution in [2.75, 3.05) is 13.6 Å². The standard InChI is InChI=1S/C9H13BO4/c1-3-14-9-5-7(10(11)12)4-8(6-9)13-2/h4-6,11-12H,3H2,1-2H3/i1D3,2D3,3D2. The lowest BCUT2D eigenvalue weighted by molar-refractivity contribution is 0.336. The second-order valence-corrected chi connectivity index (χ2v) is 2.42. The van der Waals surface area contributed by atoms with Gasteiger partial charge in [0.15, 0.2) is 0 Å². The van der Waals surface area contributed by atoms with E-state index in [0.29, 0.717) is 0 Å². The van der Waals surface area contributed by atoms with Gasteiger partial charge < -0.3 is 19.5 Å². The van der Waals surface area contributed by atoms with Crippen LogP contribution in [0.2, 0.25) is 0 Å². The molecular formula is C9H13BO4. The Morgan fingerprint density at radius 3 is 2.86 bits per heavy atom. The molecule has 0 aromatic heterocycles. The number of hydrogen-bond acceptors (Lipinski definition) is 4. The van der Waals surface area contributed by atoms with E-state index in [9.17, 15) is 0 Å². The van der Waals surface area contributed by atoms with Crippen molar-refractivity contribution in [1.29, 1.82) is 0 Å². The predicted molar refractivity (Wildman–Crippen MR) is 54.0 cm³/mol. The average Bonchev–Trinajstić information content (AvgIpc) is 2.23. The van der Waals surface area contributed by atoms with E-state index in [2.05, 4.69) is 4.74 Å². The third kappa shape index (κ3) is 2.65. The molecule has 0 spiro atoms. The Labute approximate surface area is 94.5 Å². The molecule has 1 aromatic carbocycles. The minimum Gasteiger partial charge on any atom is -0.497 e. The summed E-state index contributed by atoms with van der Waals surface area (Å²) in [6.07, 6.45) is 0. The topological polar surface area (TPSA) is 58.9 Å². The SMILES string of the molecule is [2H]C([2H])([2H])Oc1cc(OC([2H])([2H])C([2H])([2H])[2H])cc(B(O)O)c1. The maximum Gasteiger partial charge on any atom is 0.488 e. The van der Waals surface area contributed by atoms with E-state index in [4.69, 9.17) is 25.8 Å². The van der Waals surface area contributed by atoms with Crippen molar-refractivity contribution in [3.8, 4) is 11.5 Å². The van der Waals surface area contributed by atoms with Crippen LogP contribution >= 0.6 is 0 Å². The quantitative estimate of drug-likeness (QED) is 0.665. The van der Waals surface area contributed by atoms with Gasteiger partial charge in [0, 0.05) is 10.2 Å². The van der Waals surface area contributed by atoms with Crippen LogP contribution in [0.25, 0.3) is 0 Å². The first-order chi connectivity index (χ1) is 9.71. The largest absolute Gasteiger partial charge is 0.497 e. The molecule has 0 amide bonds. The zero-order chi connectivity index (χ0) is 17.3. The monoisotopic (exact) mass is 204 g/mol. The van der Waals surface area contributed by atoms with Crippen molar-refractivity contribution in [2.24, 2.45) is 0 Å². The van der Waals surface area contributed by atoms with Gasteiger partial charge in [0.05, 0.1) is 20.5 Å². The molecule has 0 fully saturated rings. The first kappa shape index (κ1) is 4.12. The summed E-state index contributed by atoms with van der Waals surface area (Å²) in [7, 11) is -4.85. The van der Waals surface area contributed by atoms with Gasteiger partial charge in [0.2, 0.25) is 0 Å². The molecule has 0 bridgehead atoms. The Bertz CT molecular complexity index is 527. The van der Waals surface area contributed by atoms with Crippen molar-refractivity contribution in [3.63, 3.8) is 0 Å². The van der Waals surface area contributed by atoms with E-state index in [1.54, 1.807) is 0 Å². The maximum absolute atomic E-state index is 9.13. The van der Waals surface area contributed by atoms with E-state index in [0.717, 1.165) is 18.2 Å². The van der Waals surface area contributed by atoms with Crippen LogP contribution in [0.5, 0.6) is 11.5 Å². The minimum absolute atomic E-state index is 0.252. The number of methoxy groups -OCH3 is 1. The fourth-order valence-electron chi connectivity index (χ4n) is 0.920.